The molecule has 0 saturated carbocycles. The molecule has 0 radical (unpaired) electrons. The summed E-state index contributed by atoms with van der Waals surface area (Å²) < 4.78 is 38.7. The summed E-state index contributed by atoms with van der Waals surface area (Å²) in [7, 11) is 0. The molecule has 2 atom stereocenters. The molecule has 0 aliphatic rings. The first-order valence-corrected chi connectivity index (χ1v) is 7.97. The third kappa shape index (κ3) is 4.25. The van der Waals surface area contributed by atoms with E-state index in [0.717, 1.165) is 12.1 Å². The maximum atomic E-state index is 12.9. The molecule has 0 spiro atoms. The molecule has 0 saturated heterocycles. The standard InChI is InChI=1S/C14H15F3N4OS/c1-8(23-2)13(22)20-11(12-18-7-19-21-12)9-4-3-5-10(6-9)14(15,16)17/h3-8,11H,1-2H3,(H,20,22)(H,18,19,21)/t8-,11+/m1/s1. The van der Waals surface area contributed by atoms with Gasteiger partial charge in [-0.3, -0.25) is 9.89 Å². The van der Waals surface area contributed by atoms with E-state index < -0.39 is 17.8 Å². The molecule has 2 N–H and O–H groups in total. The molecule has 2 aromatic rings. The monoisotopic (exact) mass is 344 g/mol. The summed E-state index contributed by atoms with van der Waals surface area (Å²) in [5.41, 5.74) is -0.509. The summed E-state index contributed by atoms with van der Waals surface area (Å²) in [6.45, 7) is 1.71. The predicted octanol–water partition coefficient (Wildman–Crippen LogP) is 2.78. The van der Waals surface area contributed by atoms with Crippen molar-refractivity contribution in [2.75, 3.05) is 6.26 Å². The van der Waals surface area contributed by atoms with Crippen LogP contribution in [0.3, 0.4) is 0 Å². The normalized spacial score (nSPS) is 14.3. The second-order valence-electron chi connectivity index (χ2n) is 4.81. The number of thioether (sulfide) groups is 1. The van der Waals surface area contributed by atoms with Crippen molar-refractivity contribution in [3.63, 3.8) is 0 Å². The van der Waals surface area contributed by atoms with Crippen molar-refractivity contribution < 1.29 is 18.0 Å². The van der Waals surface area contributed by atoms with Crippen molar-refractivity contribution in [1.82, 2.24) is 20.5 Å². The number of alkyl halides is 3. The summed E-state index contributed by atoms with van der Waals surface area (Å²) in [6.07, 6.45) is -1.45. The number of H-pyrrole nitrogens is 1. The lowest BCUT2D eigenvalue weighted by molar-refractivity contribution is -0.137. The number of carbonyl (C=O) groups excluding carboxylic acids is 1. The molecule has 0 aliphatic heterocycles. The van der Waals surface area contributed by atoms with Crippen LogP contribution in [-0.4, -0.2) is 32.6 Å². The van der Waals surface area contributed by atoms with Crippen LogP contribution in [0.1, 0.15) is 29.9 Å². The van der Waals surface area contributed by atoms with Crippen molar-refractivity contribution >= 4 is 17.7 Å². The van der Waals surface area contributed by atoms with E-state index in [2.05, 4.69) is 20.5 Å². The number of aromatic nitrogens is 3. The zero-order chi connectivity index (χ0) is 17.0. The van der Waals surface area contributed by atoms with Crippen LogP contribution in [0.15, 0.2) is 30.6 Å². The molecule has 1 heterocycles. The van der Waals surface area contributed by atoms with Gasteiger partial charge in [0.2, 0.25) is 5.91 Å². The topological polar surface area (TPSA) is 70.7 Å². The molecule has 2 rings (SSSR count). The van der Waals surface area contributed by atoms with Crippen LogP contribution in [0.25, 0.3) is 0 Å². The maximum Gasteiger partial charge on any atom is 0.416 e. The molecule has 5 nitrogen and oxygen atoms in total. The molecule has 0 bridgehead atoms. The van der Waals surface area contributed by atoms with E-state index >= 15 is 0 Å². The molecule has 1 aromatic heterocycles. The average molecular weight is 344 g/mol. The Kier molecular flexibility index (Phi) is 5.30. The van der Waals surface area contributed by atoms with Crippen molar-refractivity contribution in [2.24, 2.45) is 0 Å². The first-order chi connectivity index (χ1) is 10.8. The number of nitrogens with one attached hydrogen (secondary N) is 2. The van der Waals surface area contributed by atoms with E-state index in [1.165, 1.54) is 30.2 Å². The molecule has 0 fully saturated rings. The number of nitrogens with zero attached hydrogens (tertiary/aromatic N) is 2. The number of halogens is 3. The predicted molar refractivity (Wildman–Crippen MR) is 80.8 cm³/mol. The minimum absolute atomic E-state index is 0.269. The molecule has 1 amide bonds. The van der Waals surface area contributed by atoms with Gasteiger partial charge in [-0.25, -0.2) is 4.98 Å². The number of carbonyl (C=O) groups is 1. The number of aromatic amines is 1. The summed E-state index contributed by atoms with van der Waals surface area (Å²) in [5.74, 6) is -0.0257. The molecule has 0 aliphatic carbocycles. The summed E-state index contributed by atoms with van der Waals surface area (Å²) >= 11 is 1.34. The van der Waals surface area contributed by atoms with Gasteiger partial charge in [-0.1, -0.05) is 12.1 Å². The van der Waals surface area contributed by atoms with Crippen LogP contribution in [0.5, 0.6) is 0 Å². The Morgan fingerprint density at radius 1 is 1.39 bits per heavy atom. The highest BCUT2D eigenvalue weighted by molar-refractivity contribution is 7.99. The van der Waals surface area contributed by atoms with Gasteiger partial charge in [-0.15, -0.1) is 0 Å². The number of hydrogen-bond acceptors (Lipinski definition) is 4. The van der Waals surface area contributed by atoms with E-state index in [-0.39, 0.29) is 22.5 Å². The van der Waals surface area contributed by atoms with Gasteiger partial charge in [0.1, 0.15) is 12.4 Å². The number of hydrogen-bond donors (Lipinski definition) is 2. The van der Waals surface area contributed by atoms with Gasteiger partial charge >= 0.3 is 6.18 Å². The molecule has 124 valence electrons. The highest BCUT2D eigenvalue weighted by Crippen LogP contribution is 2.31. The minimum atomic E-state index is -4.46. The van der Waals surface area contributed by atoms with E-state index in [0.29, 0.717) is 0 Å². The van der Waals surface area contributed by atoms with Gasteiger partial charge in [0.25, 0.3) is 0 Å². The Bertz CT molecular complexity index is 660. The van der Waals surface area contributed by atoms with Crippen LogP contribution < -0.4 is 5.32 Å². The minimum Gasteiger partial charge on any atom is -0.341 e. The molecular weight excluding hydrogens is 329 g/mol. The quantitative estimate of drug-likeness (QED) is 0.875. The first kappa shape index (κ1) is 17.3. The lowest BCUT2D eigenvalue weighted by Crippen LogP contribution is -2.35. The third-order valence-corrected chi connectivity index (χ3v) is 4.18. The summed E-state index contributed by atoms with van der Waals surface area (Å²) in [5, 5.41) is 8.65. The molecule has 23 heavy (non-hydrogen) atoms. The Morgan fingerprint density at radius 3 is 2.70 bits per heavy atom. The van der Waals surface area contributed by atoms with E-state index in [1.54, 1.807) is 13.2 Å². The lowest BCUT2D eigenvalue weighted by atomic mass is 10.0. The fourth-order valence-corrected chi connectivity index (χ4v) is 2.21. The van der Waals surface area contributed by atoms with Crippen molar-refractivity contribution in [3.8, 4) is 0 Å². The third-order valence-electron chi connectivity index (χ3n) is 3.26. The number of benzene rings is 1. The SMILES string of the molecule is CS[C@H](C)C(=O)N[C@@H](c1cccc(C(F)(F)F)c1)c1ncn[nH]1. The van der Waals surface area contributed by atoms with E-state index in [9.17, 15) is 18.0 Å². The summed E-state index contributed by atoms with van der Waals surface area (Å²) in [6, 6.07) is 3.95. The second-order valence-corrected chi connectivity index (χ2v) is 5.99. The Morgan fingerprint density at radius 2 is 2.13 bits per heavy atom. The Labute approximate surface area is 135 Å². The number of amides is 1. The summed E-state index contributed by atoms with van der Waals surface area (Å²) in [4.78, 5) is 16.1. The second kappa shape index (κ2) is 7.03. The molecular formula is C14H15F3N4OS. The van der Waals surface area contributed by atoms with E-state index in [4.69, 9.17) is 0 Å². The van der Waals surface area contributed by atoms with Gasteiger partial charge in [0, 0.05) is 0 Å². The van der Waals surface area contributed by atoms with Gasteiger partial charge in [-0.05, 0) is 30.9 Å². The molecule has 1 aromatic carbocycles. The van der Waals surface area contributed by atoms with Gasteiger partial charge in [-0.2, -0.15) is 30.0 Å². The highest BCUT2D eigenvalue weighted by atomic mass is 32.2. The largest absolute Gasteiger partial charge is 0.416 e. The van der Waals surface area contributed by atoms with Crippen LogP contribution in [0.4, 0.5) is 13.2 Å². The van der Waals surface area contributed by atoms with Crippen molar-refractivity contribution in [2.45, 2.75) is 24.4 Å². The molecule has 9 heteroatoms. The lowest BCUT2D eigenvalue weighted by Gasteiger charge is -2.20. The maximum absolute atomic E-state index is 12.9. The zero-order valence-electron chi connectivity index (χ0n) is 12.4. The number of rotatable bonds is 5. The average Bonchev–Trinajstić information content (AvgIpc) is 3.05. The van der Waals surface area contributed by atoms with Gasteiger partial charge in [0.15, 0.2) is 5.82 Å². The fraction of sp³-hybridized carbons (Fsp3) is 0.357. The van der Waals surface area contributed by atoms with Crippen molar-refractivity contribution in [3.05, 3.63) is 47.5 Å². The molecule has 0 unspecified atom stereocenters. The van der Waals surface area contributed by atoms with E-state index in [1.807, 2.05) is 0 Å². The Balaban J connectivity index is 2.37. The van der Waals surface area contributed by atoms with Gasteiger partial charge in [0.05, 0.1) is 10.8 Å². The smallest absolute Gasteiger partial charge is 0.341 e. The first-order valence-electron chi connectivity index (χ1n) is 6.68. The van der Waals surface area contributed by atoms with Crippen LogP contribution in [-0.2, 0) is 11.0 Å². The fourth-order valence-electron chi connectivity index (χ4n) is 1.92. The zero-order valence-corrected chi connectivity index (χ0v) is 13.2. The van der Waals surface area contributed by atoms with Crippen LogP contribution in [0, 0.1) is 0 Å². The van der Waals surface area contributed by atoms with Crippen LogP contribution in [0.2, 0.25) is 0 Å². The van der Waals surface area contributed by atoms with Gasteiger partial charge < -0.3 is 5.32 Å². The highest BCUT2D eigenvalue weighted by Gasteiger charge is 2.32. The Hall–Kier alpha value is -2.03. The van der Waals surface area contributed by atoms with Crippen molar-refractivity contribution in [1.29, 1.82) is 0 Å². The van der Waals surface area contributed by atoms with Crippen LogP contribution >= 0.6 is 11.8 Å².